The van der Waals surface area contributed by atoms with Gasteiger partial charge in [0.2, 0.25) is 5.91 Å². The van der Waals surface area contributed by atoms with Crippen molar-refractivity contribution in [3.63, 3.8) is 0 Å². The largest absolute Gasteiger partial charge is 0.497 e. The molecule has 2 aromatic rings. The first-order chi connectivity index (χ1) is 13.7. The Kier molecular flexibility index (Phi) is 6.05. The SMILES string of the molecule is COc1ccc(OC)c(CC(=O)N(C2CC2)C(C)c2cccc(C(F)(F)F)c2)c1. The molecule has 1 amide bonds. The van der Waals surface area contributed by atoms with E-state index in [1.54, 1.807) is 43.2 Å². The molecule has 1 saturated carbocycles. The van der Waals surface area contributed by atoms with Crippen LogP contribution in [0.5, 0.6) is 11.5 Å². The Balaban J connectivity index is 1.86. The number of carbonyl (C=O) groups is 1. The van der Waals surface area contributed by atoms with Crippen molar-refractivity contribution >= 4 is 5.91 Å². The van der Waals surface area contributed by atoms with Crippen molar-refractivity contribution in [3.8, 4) is 11.5 Å². The summed E-state index contributed by atoms with van der Waals surface area (Å²) < 4.78 is 49.9. The minimum Gasteiger partial charge on any atom is -0.497 e. The molecule has 0 aliphatic heterocycles. The number of rotatable bonds is 7. The Morgan fingerprint density at radius 1 is 1.14 bits per heavy atom. The average Bonchev–Trinajstić information content (AvgIpc) is 3.52. The second-order valence-corrected chi connectivity index (χ2v) is 7.19. The second kappa shape index (κ2) is 8.35. The lowest BCUT2D eigenvalue weighted by Gasteiger charge is -2.30. The number of alkyl halides is 3. The van der Waals surface area contributed by atoms with Crippen LogP contribution in [-0.4, -0.2) is 31.1 Å². The maximum atomic E-state index is 13.2. The van der Waals surface area contributed by atoms with Gasteiger partial charge in [-0.1, -0.05) is 12.1 Å². The molecule has 1 fully saturated rings. The van der Waals surface area contributed by atoms with Crippen LogP contribution in [0.25, 0.3) is 0 Å². The lowest BCUT2D eigenvalue weighted by molar-refractivity contribution is -0.137. The van der Waals surface area contributed by atoms with Gasteiger partial charge in [-0.3, -0.25) is 4.79 Å². The van der Waals surface area contributed by atoms with Gasteiger partial charge in [0, 0.05) is 11.6 Å². The molecule has 1 aliphatic rings. The number of benzene rings is 2. The third-order valence-electron chi connectivity index (χ3n) is 5.17. The molecule has 7 heteroatoms. The van der Waals surface area contributed by atoms with E-state index in [2.05, 4.69) is 0 Å². The molecule has 3 rings (SSSR count). The molecule has 0 radical (unpaired) electrons. The molecule has 0 spiro atoms. The van der Waals surface area contributed by atoms with E-state index >= 15 is 0 Å². The number of ether oxygens (including phenoxy) is 2. The summed E-state index contributed by atoms with van der Waals surface area (Å²) in [5, 5.41) is 0. The summed E-state index contributed by atoms with van der Waals surface area (Å²) in [7, 11) is 3.07. The smallest absolute Gasteiger partial charge is 0.416 e. The normalized spacial score (nSPS) is 15.0. The lowest BCUT2D eigenvalue weighted by atomic mass is 10.0. The standard InChI is InChI=1S/C22H24F3NO3/c1-14(15-5-4-6-17(11-15)22(23,24)25)26(18-7-8-18)21(27)13-16-12-19(28-2)9-10-20(16)29-3/h4-6,9-12,14,18H,7-8,13H2,1-3H3. The highest BCUT2D eigenvalue weighted by Gasteiger charge is 2.37. The second-order valence-electron chi connectivity index (χ2n) is 7.19. The first kappa shape index (κ1) is 21.0. The van der Waals surface area contributed by atoms with Crippen LogP contribution >= 0.6 is 0 Å². The van der Waals surface area contributed by atoms with Crippen LogP contribution in [0.2, 0.25) is 0 Å². The lowest BCUT2D eigenvalue weighted by Crippen LogP contribution is -2.36. The van der Waals surface area contributed by atoms with Gasteiger partial charge in [0.25, 0.3) is 0 Å². The van der Waals surface area contributed by atoms with Crippen molar-refractivity contribution in [2.24, 2.45) is 0 Å². The van der Waals surface area contributed by atoms with Crippen molar-refractivity contribution in [1.82, 2.24) is 4.90 Å². The topological polar surface area (TPSA) is 38.8 Å². The number of hydrogen-bond acceptors (Lipinski definition) is 3. The van der Waals surface area contributed by atoms with E-state index in [1.165, 1.54) is 13.2 Å². The van der Waals surface area contributed by atoms with Crippen LogP contribution in [-0.2, 0) is 17.4 Å². The van der Waals surface area contributed by atoms with Gasteiger partial charge in [-0.25, -0.2) is 0 Å². The van der Waals surface area contributed by atoms with Crippen LogP contribution < -0.4 is 9.47 Å². The molecule has 1 unspecified atom stereocenters. The summed E-state index contributed by atoms with van der Waals surface area (Å²) in [6.07, 6.45) is -2.63. The fourth-order valence-electron chi connectivity index (χ4n) is 3.50. The third-order valence-corrected chi connectivity index (χ3v) is 5.17. The first-order valence-corrected chi connectivity index (χ1v) is 9.43. The van der Waals surface area contributed by atoms with E-state index in [1.807, 2.05) is 0 Å². The summed E-state index contributed by atoms with van der Waals surface area (Å²) in [6.45, 7) is 1.77. The van der Waals surface area contributed by atoms with Crippen LogP contribution in [0, 0.1) is 0 Å². The van der Waals surface area contributed by atoms with Crippen molar-refractivity contribution in [2.45, 2.75) is 44.4 Å². The molecule has 0 aromatic heterocycles. The molecule has 0 N–H and O–H groups in total. The Morgan fingerprint density at radius 3 is 2.45 bits per heavy atom. The minimum absolute atomic E-state index is 0.0450. The molecular weight excluding hydrogens is 383 g/mol. The molecule has 1 atom stereocenters. The summed E-state index contributed by atoms with van der Waals surface area (Å²) >= 11 is 0. The molecule has 2 aromatic carbocycles. The van der Waals surface area contributed by atoms with Crippen LogP contribution in [0.15, 0.2) is 42.5 Å². The average molecular weight is 407 g/mol. The molecule has 4 nitrogen and oxygen atoms in total. The van der Waals surface area contributed by atoms with E-state index in [4.69, 9.17) is 9.47 Å². The zero-order chi connectivity index (χ0) is 21.2. The Morgan fingerprint density at radius 2 is 1.86 bits per heavy atom. The minimum atomic E-state index is -4.42. The highest BCUT2D eigenvalue weighted by Crippen LogP contribution is 2.37. The number of nitrogens with zero attached hydrogens (tertiary/aromatic N) is 1. The van der Waals surface area contributed by atoms with Gasteiger partial charge in [0.05, 0.1) is 32.2 Å². The molecular formula is C22H24F3NO3. The summed E-state index contributed by atoms with van der Waals surface area (Å²) in [4.78, 5) is 14.9. The van der Waals surface area contributed by atoms with Gasteiger partial charge in [-0.05, 0) is 55.7 Å². The van der Waals surface area contributed by atoms with Gasteiger partial charge < -0.3 is 14.4 Å². The van der Waals surface area contributed by atoms with Crippen LogP contribution in [0.1, 0.15) is 42.5 Å². The van der Waals surface area contributed by atoms with Crippen molar-refractivity contribution in [1.29, 1.82) is 0 Å². The summed E-state index contributed by atoms with van der Waals surface area (Å²) in [5.74, 6) is 1.03. The molecule has 0 saturated heterocycles. The van der Waals surface area contributed by atoms with Gasteiger partial charge >= 0.3 is 6.18 Å². The monoisotopic (exact) mass is 407 g/mol. The van der Waals surface area contributed by atoms with E-state index < -0.39 is 17.8 Å². The number of amides is 1. The predicted octanol–water partition coefficient (Wildman–Crippen LogP) is 5.02. The van der Waals surface area contributed by atoms with E-state index in [9.17, 15) is 18.0 Å². The third kappa shape index (κ3) is 4.83. The Bertz CT molecular complexity index is 878. The zero-order valence-electron chi connectivity index (χ0n) is 16.6. The van der Waals surface area contributed by atoms with Crippen molar-refractivity contribution in [3.05, 3.63) is 59.2 Å². The van der Waals surface area contributed by atoms with Gasteiger partial charge in [0.15, 0.2) is 0 Å². The van der Waals surface area contributed by atoms with E-state index in [0.717, 1.165) is 25.0 Å². The Hall–Kier alpha value is -2.70. The first-order valence-electron chi connectivity index (χ1n) is 9.43. The van der Waals surface area contributed by atoms with Crippen molar-refractivity contribution < 1.29 is 27.4 Å². The predicted molar refractivity (Wildman–Crippen MR) is 103 cm³/mol. The fraction of sp³-hybridized carbons (Fsp3) is 0.409. The molecule has 1 aliphatic carbocycles. The number of methoxy groups -OCH3 is 2. The van der Waals surface area contributed by atoms with Gasteiger partial charge in [-0.2, -0.15) is 13.2 Å². The highest BCUT2D eigenvalue weighted by molar-refractivity contribution is 5.81. The molecule has 0 bridgehead atoms. The van der Waals surface area contributed by atoms with Crippen LogP contribution in [0.3, 0.4) is 0 Å². The summed E-state index contributed by atoms with van der Waals surface area (Å²) in [5.41, 5.74) is 0.441. The molecule has 156 valence electrons. The van der Waals surface area contributed by atoms with Crippen molar-refractivity contribution in [2.75, 3.05) is 14.2 Å². The van der Waals surface area contributed by atoms with E-state index in [0.29, 0.717) is 22.6 Å². The Labute approximate surface area is 168 Å². The molecule has 29 heavy (non-hydrogen) atoms. The summed E-state index contributed by atoms with van der Waals surface area (Å²) in [6, 6.07) is 9.99. The van der Waals surface area contributed by atoms with Gasteiger partial charge in [0.1, 0.15) is 11.5 Å². The number of hydrogen-bond donors (Lipinski definition) is 0. The maximum Gasteiger partial charge on any atom is 0.416 e. The fourth-order valence-corrected chi connectivity index (χ4v) is 3.50. The number of halogens is 3. The molecule has 0 heterocycles. The van der Waals surface area contributed by atoms with Gasteiger partial charge in [-0.15, -0.1) is 0 Å². The highest BCUT2D eigenvalue weighted by atomic mass is 19.4. The maximum absolute atomic E-state index is 13.2. The number of carbonyl (C=O) groups excluding carboxylic acids is 1. The van der Waals surface area contributed by atoms with E-state index in [-0.39, 0.29) is 18.4 Å². The zero-order valence-corrected chi connectivity index (χ0v) is 16.6. The van der Waals surface area contributed by atoms with Crippen LogP contribution in [0.4, 0.5) is 13.2 Å². The quantitative estimate of drug-likeness (QED) is 0.647.